The summed E-state index contributed by atoms with van der Waals surface area (Å²) in [7, 11) is 0. The minimum absolute atomic E-state index is 0.0953. The highest BCUT2D eigenvalue weighted by molar-refractivity contribution is 6.01. The van der Waals surface area contributed by atoms with Crippen molar-refractivity contribution in [2.45, 2.75) is 32.1 Å². The molecule has 0 spiro atoms. The van der Waals surface area contributed by atoms with E-state index >= 15 is 0 Å². The SMILES string of the molecule is CCCC1CC(=O)c2cc(F)ccc21. The van der Waals surface area contributed by atoms with Crippen LogP contribution in [0.1, 0.15) is 48.0 Å². The van der Waals surface area contributed by atoms with Crippen molar-refractivity contribution in [3.05, 3.63) is 35.1 Å². The predicted octanol–water partition coefficient (Wildman–Crippen LogP) is 3.30. The second-order valence-electron chi connectivity index (χ2n) is 3.84. The number of carbonyl (C=O) groups is 1. The zero-order chi connectivity index (χ0) is 10.1. The summed E-state index contributed by atoms with van der Waals surface area (Å²) in [5, 5.41) is 0. The van der Waals surface area contributed by atoms with Gasteiger partial charge < -0.3 is 0 Å². The summed E-state index contributed by atoms with van der Waals surface area (Å²) < 4.78 is 12.9. The third-order valence-corrected chi connectivity index (χ3v) is 2.82. The lowest BCUT2D eigenvalue weighted by Crippen LogP contribution is -1.92. The summed E-state index contributed by atoms with van der Waals surface area (Å²) in [4.78, 5) is 11.5. The number of halogens is 1. The zero-order valence-corrected chi connectivity index (χ0v) is 8.22. The third-order valence-electron chi connectivity index (χ3n) is 2.82. The van der Waals surface area contributed by atoms with Crippen molar-refractivity contribution in [2.24, 2.45) is 0 Å². The molecule has 2 heteroatoms. The molecule has 0 aromatic heterocycles. The molecule has 0 bridgehead atoms. The maximum Gasteiger partial charge on any atom is 0.163 e. The lowest BCUT2D eigenvalue weighted by atomic mass is 9.97. The largest absolute Gasteiger partial charge is 0.294 e. The minimum Gasteiger partial charge on any atom is -0.294 e. The Labute approximate surface area is 82.9 Å². The summed E-state index contributed by atoms with van der Waals surface area (Å²) in [6, 6.07) is 4.57. The van der Waals surface area contributed by atoms with Crippen LogP contribution in [-0.2, 0) is 0 Å². The van der Waals surface area contributed by atoms with Crippen molar-refractivity contribution in [3.63, 3.8) is 0 Å². The molecular formula is C12H13FO. The molecule has 1 atom stereocenters. The molecule has 1 nitrogen and oxygen atoms in total. The van der Waals surface area contributed by atoms with Crippen LogP contribution in [0, 0.1) is 5.82 Å². The summed E-state index contributed by atoms with van der Waals surface area (Å²) in [5.41, 5.74) is 1.64. The molecule has 0 aliphatic heterocycles. The van der Waals surface area contributed by atoms with Gasteiger partial charge in [0.05, 0.1) is 0 Å². The molecular weight excluding hydrogens is 179 g/mol. The van der Waals surface area contributed by atoms with E-state index in [1.807, 2.05) is 0 Å². The van der Waals surface area contributed by atoms with Gasteiger partial charge in [0.2, 0.25) is 0 Å². The van der Waals surface area contributed by atoms with Gasteiger partial charge in [0.15, 0.2) is 5.78 Å². The molecule has 1 aromatic rings. The first-order valence-corrected chi connectivity index (χ1v) is 5.05. The Morgan fingerprint density at radius 3 is 3.00 bits per heavy atom. The quantitative estimate of drug-likeness (QED) is 0.702. The first-order valence-electron chi connectivity index (χ1n) is 5.05. The Hall–Kier alpha value is -1.18. The molecule has 0 heterocycles. The van der Waals surface area contributed by atoms with Gasteiger partial charge in [-0.15, -0.1) is 0 Å². The van der Waals surface area contributed by atoms with Crippen LogP contribution in [0.2, 0.25) is 0 Å². The molecule has 0 fully saturated rings. The fraction of sp³-hybridized carbons (Fsp3) is 0.417. The Kier molecular flexibility index (Phi) is 2.36. The molecule has 0 N–H and O–H groups in total. The van der Waals surface area contributed by atoms with E-state index in [9.17, 15) is 9.18 Å². The van der Waals surface area contributed by atoms with E-state index in [0.717, 1.165) is 18.4 Å². The van der Waals surface area contributed by atoms with E-state index in [1.54, 1.807) is 6.07 Å². The average molecular weight is 192 g/mol. The highest BCUT2D eigenvalue weighted by atomic mass is 19.1. The van der Waals surface area contributed by atoms with E-state index in [1.165, 1.54) is 12.1 Å². The predicted molar refractivity (Wildman–Crippen MR) is 53.0 cm³/mol. The normalized spacial score (nSPS) is 19.9. The fourth-order valence-electron chi connectivity index (χ4n) is 2.18. The number of carbonyl (C=O) groups excluding carboxylic acids is 1. The van der Waals surface area contributed by atoms with Crippen molar-refractivity contribution in [1.29, 1.82) is 0 Å². The van der Waals surface area contributed by atoms with Crippen LogP contribution in [0.3, 0.4) is 0 Å². The van der Waals surface area contributed by atoms with E-state index < -0.39 is 0 Å². The molecule has 14 heavy (non-hydrogen) atoms. The second kappa shape index (κ2) is 3.52. The first kappa shape index (κ1) is 9.38. The van der Waals surface area contributed by atoms with Gasteiger partial charge in [-0.3, -0.25) is 4.79 Å². The van der Waals surface area contributed by atoms with Crippen LogP contribution < -0.4 is 0 Å². The summed E-state index contributed by atoms with van der Waals surface area (Å²) in [6.07, 6.45) is 2.64. The second-order valence-corrected chi connectivity index (χ2v) is 3.84. The van der Waals surface area contributed by atoms with Gasteiger partial charge >= 0.3 is 0 Å². The molecule has 1 aliphatic rings. The number of Topliss-reactive ketones (excluding diaryl/α,β-unsaturated/α-hetero) is 1. The monoisotopic (exact) mass is 192 g/mol. The summed E-state index contributed by atoms with van der Waals surface area (Å²) in [6.45, 7) is 2.10. The van der Waals surface area contributed by atoms with Gasteiger partial charge in [-0.1, -0.05) is 19.4 Å². The standard InChI is InChI=1S/C12H13FO/c1-2-3-8-6-12(14)11-7-9(13)4-5-10(8)11/h4-5,7-8H,2-3,6H2,1H3. The Morgan fingerprint density at radius 1 is 1.50 bits per heavy atom. The Morgan fingerprint density at radius 2 is 2.29 bits per heavy atom. The average Bonchev–Trinajstić information content (AvgIpc) is 2.44. The van der Waals surface area contributed by atoms with Crippen LogP contribution in [0.4, 0.5) is 4.39 Å². The molecule has 1 aromatic carbocycles. The fourth-order valence-corrected chi connectivity index (χ4v) is 2.18. The van der Waals surface area contributed by atoms with Crippen LogP contribution in [0.5, 0.6) is 0 Å². The third kappa shape index (κ3) is 1.45. The number of benzene rings is 1. The molecule has 74 valence electrons. The molecule has 0 saturated carbocycles. The molecule has 0 radical (unpaired) electrons. The van der Waals surface area contributed by atoms with Gasteiger partial charge in [0.25, 0.3) is 0 Å². The Balaban J connectivity index is 2.39. The first-order chi connectivity index (χ1) is 6.72. The maximum atomic E-state index is 12.9. The van der Waals surface area contributed by atoms with Crippen molar-refractivity contribution < 1.29 is 9.18 Å². The topological polar surface area (TPSA) is 17.1 Å². The van der Waals surface area contributed by atoms with E-state index in [-0.39, 0.29) is 11.6 Å². The van der Waals surface area contributed by atoms with Crippen molar-refractivity contribution in [1.82, 2.24) is 0 Å². The highest BCUT2D eigenvalue weighted by Gasteiger charge is 2.28. The van der Waals surface area contributed by atoms with Gasteiger partial charge in [0, 0.05) is 12.0 Å². The van der Waals surface area contributed by atoms with Gasteiger partial charge in [0.1, 0.15) is 5.82 Å². The molecule has 0 amide bonds. The minimum atomic E-state index is -0.311. The Bertz CT molecular complexity index is 371. The van der Waals surface area contributed by atoms with E-state index in [4.69, 9.17) is 0 Å². The number of ketones is 1. The maximum absolute atomic E-state index is 12.9. The number of hydrogen-bond acceptors (Lipinski definition) is 1. The molecule has 1 unspecified atom stereocenters. The highest BCUT2D eigenvalue weighted by Crippen LogP contribution is 2.36. The van der Waals surface area contributed by atoms with Gasteiger partial charge in [-0.05, 0) is 30.0 Å². The zero-order valence-electron chi connectivity index (χ0n) is 8.22. The van der Waals surface area contributed by atoms with E-state index in [0.29, 0.717) is 17.9 Å². The number of hydrogen-bond donors (Lipinski definition) is 0. The summed E-state index contributed by atoms with van der Waals surface area (Å²) in [5.74, 6) is 0.107. The van der Waals surface area contributed by atoms with Crippen LogP contribution in [0.25, 0.3) is 0 Å². The number of rotatable bonds is 2. The van der Waals surface area contributed by atoms with Crippen LogP contribution in [0.15, 0.2) is 18.2 Å². The lowest BCUT2D eigenvalue weighted by molar-refractivity contribution is 0.0987. The molecule has 1 aliphatic carbocycles. The van der Waals surface area contributed by atoms with Crippen LogP contribution in [-0.4, -0.2) is 5.78 Å². The van der Waals surface area contributed by atoms with Crippen molar-refractivity contribution >= 4 is 5.78 Å². The van der Waals surface area contributed by atoms with Crippen molar-refractivity contribution in [3.8, 4) is 0 Å². The number of fused-ring (bicyclic) bond motifs is 1. The lowest BCUT2D eigenvalue weighted by Gasteiger charge is -2.07. The van der Waals surface area contributed by atoms with Gasteiger partial charge in [-0.25, -0.2) is 4.39 Å². The van der Waals surface area contributed by atoms with Crippen LogP contribution >= 0.6 is 0 Å². The smallest absolute Gasteiger partial charge is 0.163 e. The van der Waals surface area contributed by atoms with Crippen molar-refractivity contribution in [2.75, 3.05) is 0 Å². The molecule has 2 rings (SSSR count). The van der Waals surface area contributed by atoms with Gasteiger partial charge in [-0.2, -0.15) is 0 Å². The molecule has 0 saturated heterocycles. The summed E-state index contributed by atoms with van der Waals surface area (Å²) >= 11 is 0. The van der Waals surface area contributed by atoms with E-state index in [2.05, 4.69) is 6.92 Å².